The van der Waals surface area contributed by atoms with Crippen LogP contribution in [0.15, 0.2) is 15.6 Å². The lowest BCUT2D eigenvalue weighted by Crippen LogP contribution is -2.18. The predicted octanol–water partition coefficient (Wildman–Crippen LogP) is 1.95. The molecule has 2 rings (SSSR count). The molecule has 0 amide bonds. The van der Waals surface area contributed by atoms with E-state index >= 15 is 0 Å². The molecular weight excluding hydrogens is 210 g/mol. The van der Waals surface area contributed by atoms with Crippen LogP contribution in [-0.2, 0) is 6.54 Å². The highest BCUT2D eigenvalue weighted by molar-refractivity contribution is 8.14. The van der Waals surface area contributed by atoms with E-state index in [1.807, 2.05) is 24.8 Å². The first kappa shape index (κ1) is 10.5. The third-order valence-corrected chi connectivity index (χ3v) is 3.58. The molecule has 1 aromatic rings. The molecule has 0 bridgehead atoms. The minimum Gasteiger partial charge on any atom is -0.359 e. The molecule has 2 heterocycles. The van der Waals surface area contributed by atoms with Crippen LogP contribution in [0, 0.1) is 6.92 Å². The van der Waals surface area contributed by atoms with Crippen molar-refractivity contribution in [3.8, 4) is 0 Å². The van der Waals surface area contributed by atoms with Crippen LogP contribution in [0.5, 0.6) is 0 Å². The monoisotopic (exact) mass is 225 g/mol. The predicted molar refractivity (Wildman–Crippen MR) is 62.1 cm³/mol. The Kier molecular flexibility index (Phi) is 3.30. The normalized spacial score (nSPS) is 20.4. The van der Waals surface area contributed by atoms with Gasteiger partial charge in [-0.3, -0.25) is 4.99 Å². The Hall–Kier alpha value is -0.970. The average Bonchev–Trinajstić information content (AvgIpc) is 2.83. The molecule has 82 valence electrons. The van der Waals surface area contributed by atoms with Gasteiger partial charge in [0.05, 0.1) is 18.8 Å². The Morgan fingerprint density at radius 3 is 3.13 bits per heavy atom. The minimum absolute atomic E-state index is 0.643. The molecule has 1 aromatic heterocycles. The van der Waals surface area contributed by atoms with Crippen LogP contribution in [0.1, 0.15) is 24.8 Å². The quantitative estimate of drug-likeness (QED) is 0.854. The smallest absolute Gasteiger partial charge is 0.157 e. The molecule has 0 spiro atoms. The van der Waals surface area contributed by atoms with E-state index < -0.39 is 0 Å². The molecule has 0 aromatic carbocycles. The Labute approximate surface area is 93.5 Å². The third-order valence-electron chi connectivity index (χ3n) is 2.26. The first-order valence-electron chi connectivity index (χ1n) is 5.15. The average molecular weight is 225 g/mol. The molecule has 15 heavy (non-hydrogen) atoms. The zero-order chi connectivity index (χ0) is 10.7. The molecule has 1 atom stereocenters. The van der Waals surface area contributed by atoms with E-state index in [9.17, 15) is 0 Å². The van der Waals surface area contributed by atoms with Crippen molar-refractivity contribution >= 4 is 16.9 Å². The van der Waals surface area contributed by atoms with Gasteiger partial charge in [-0.25, -0.2) is 0 Å². The van der Waals surface area contributed by atoms with Crippen LogP contribution >= 0.6 is 11.8 Å². The van der Waals surface area contributed by atoms with Crippen molar-refractivity contribution in [2.45, 2.75) is 32.1 Å². The fraction of sp³-hybridized carbons (Fsp3) is 0.600. The third kappa shape index (κ3) is 2.75. The van der Waals surface area contributed by atoms with Gasteiger partial charge in [0, 0.05) is 11.3 Å². The van der Waals surface area contributed by atoms with Gasteiger partial charge in [0.25, 0.3) is 0 Å². The number of hydrogen-bond acceptors (Lipinski definition) is 5. The summed E-state index contributed by atoms with van der Waals surface area (Å²) in [6.45, 7) is 5.71. The number of aromatic nitrogens is 1. The van der Waals surface area contributed by atoms with Crippen molar-refractivity contribution in [3.63, 3.8) is 0 Å². The molecular formula is C10H15N3OS. The molecule has 0 saturated heterocycles. The molecule has 1 N–H and O–H groups in total. The first-order chi connectivity index (χ1) is 7.28. The summed E-state index contributed by atoms with van der Waals surface area (Å²) in [7, 11) is 0. The lowest BCUT2D eigenvalue weighted by Gasteiger charge is -2.04. The highest BCUT2D eigenvalue weighted by Gasteiger charge is 2.17. The van der Waals surface area contributed by atoms with E-state index in [4.69, 9.17) is 4.52 Å². The summed E-state index contributed by atoms with van der Waals surface area (Å²) in [5.41, 5.74) is 0.916. The summed E-state index contributed by atoms with van der Waals surface area (Å²) < 4.78 is 5.10. The largest absolute Gasteiger partial charge is 0.359 e. The molecule has 1 unspecified atom stereocenters. The zero-order valence-corrected chi connectivity index (χ0v) is 9.80. The Balaban J connectivity index is 1.80. The minimum atomic E-state index is 0.643. The first-order valence-corrected chi connectivity index (χ1v) is 6.03. The van der Waals surface area contributed by atoms with Gasteiger partial charge < -0.3 is 9.84 Å². The maximum atomic E-state index is 5.10. The van der Waals surface area contributed by atoms with E-state index in [-0.39, 0.29) is 0 Å². The van der Waals surface area contributed by atoms with Gasteiger partial charge in [0.1, 0.15) is 0 Å². The van der Waals surface area contributed by atoms with Crippen molar-refractivity contribution in [2.75, 3.05) is 6.54 Å². The number of rotatable bonds is 3. The summed E-state index contributed by atoms with van der Waals surface area (Å²) in [6, 6.07) is 1.94. The second-order valence-electron chi connectivity index (χ2n) is 3.58. The Bertz CT molecular complexity index is 361. The van der Waals surface area contributed by atoms with Crippen molar-refractivity contribution in [3.05, 3.63) is 17.5 Å². The molecule has 4 nitrogen and oxygen atoms in total. The number of aryl methyl sites for hydroxylation is 1. The summed E-state index contributed by atoms with van der Waals surface area (Å²) >= 11 is 1.81. The number of hydrogen-bond donors (Lipinski definition) is 1. The summed E-state index contributed by atoms with van der Waals surface area (Å²) in [5, 5.41) is 8.75. The highest BCUT2D eigenvalue weighted by atomic mass is 32.2. The second-order valence-corrected chi connectivity index (χ2v) is 4.87. The van der Waals surface area contributed by atoms with Gasteiger partial charge in [0.2, 0.25) is 0 Å². The van der Waals surface area contributed by atoms with E-state index in [2.05, 4.69) is 22.4 Å². The summed E-state index contributed by atoms with van der Waals surface area (Å²) in [6.07, 6.45) is 1.17. The maximum Gasteiger partial charge on any atom is 0.157 e. The van der Waals surface area contributed by atoms with Crippen LogP contribution in [0.4, 0.5) is 0 Å². The number of nitrogens with one attached hydrogen (secondary N) is 1. The van der Waals surface area contributed by atoms with Crippen molar-refractivity contribution in [2.24, 2.45) is 4.99 Å². The SMILES string of the molecule is CCC1CN=C(NCc2cc(C)no2)S1. The standard InChI is InChI=1S/C10H15N3OS/c1-3-9-6-12-10(15-9)11-5-8-4-7(2)13-14-8/h4,9H,3,5-6H2,1-2H3,(H,11,12). The Morgan fingerprint density at radius 1 is 1.67 bits per heavy atom. The van der Waals surface area contributed by atoms with Crippen LogP contribution in [-0.4, -0.2) is 22.1 Å². The number of aliphatic imine (C=N–C) groups is 1. The number of nitrogens with zero attached hydrogens (tertiary/aromatic N) is 2. The van der Waals surface area contributed by atoms with Gasteiger partial charge >= 0.3 is 0 Å². The summed E-state index contributed by atoms with van der Waals surface area (Å²) in [4.78, 5) is 4.42. The van der Waals surface area contributed by atoms with E-state index in [0.717, 1.165) is 23.2 Å². The summed E-state index contributed by atoms with van der Waals surface area (Å²) in [5.74, 6) is 0.857. The lowest BCUT2D eigenvalue weighted by atomic mass is 10.3. The van der Waals surface area contributed by atoms with E-state index in [0.29, 0.717) is 11.8 Å². The van der Waals surface area contributed by atoms with Crippen LogP contribution in [0.3, 0.4) is 0 Å². The fourth-order valence-electron chi connectivity index (χ4n) is 1.39. The Morgan fingerprint density at radius 2 is 2.53 bits per heavy atom. The van der Waals surface area contributed by atoms with Gasteiger partial charge in [-0.15, -0.1) is 0 Å². The highest BCUT2D eigenvalue weighted by Crippen LogP contribution is 2.22. The molecule has 0 fully saturated rings. The second kappa shape index (κ2) is 4.70. The maximum absolute atomic E-state index is 5.10. The molecule has 1 aliphatic rings. The van der Waals surface area contributed by atoms with Crippen LogP contribution in [0.25, 0.3) is 0 Å². The van der Waals surface area contributed by atoms with Gasteiger partial charge in [-0.1, -0.05) is 23.8 Å². The van der Waals surface area contributed by atoms with E-state index in [1.165, 1.54) is 6.42 Å². The van der Waals surface area contributed by atoms with Gasteiger partial charge in [0.15, 0.2) is 10.9 Å². The topological polar surface area (TPSA) is 50.4 Å². The van der Waals surface area contributed by atoms with Crippen molar-refractivity contribution < 1.29 is 4.52 Å². The fourth-order valence-corrected chi connectivity index (χ4v) is 2.33. The van der Waals surface area contributed by atoms with Gasteiger partial charge in [-0.05, 0) is 13.3 Å². The molecule has 1 aliphatic heterocycles. The van der Waals surface area contributed by atoms with Crippen molar-refractivity contribution in [1.82, 2.24) is 10.5 Å². The molecule has 5 heteroatoms. The number of thioether (sulfide) groups is 1. The van der Waals surface area contributed by atoms with Crippen LogP contribution < -0.4 is 5.32 Å². The van der Waals surface area contributed by atoms with Crippen molar-refractivity contribution in [1.29, 1.82) is 0 Å². The molecule has 0 saturated carbocycles. The molecule has 0 radical (unpaired) electrons. The molecule has 0 aliphatic carbocycles. The van der Waals surface area contributed by atoms with E-state index in [1.54, 1.807) is 0 Å². The number of amidine groups is 1. The zero-order valence-electron chi connectivity index (χ0n) is 8.99. The van der Waals surface area contributed by atoms with Crippen LogP contribution in [0.2, 0.25) is 0 Å². The van der Waals surface area contributed by atoms with Gasteiger partial charge in [-0.2, -0.15) is 0 Å². The lowest BCUT2D eigenvalue weighted by molar-refractivity contribution is 0.377.